The normalized spacial score (nSPS) is 19.6. The highest BCUT2D eigenvalue weighted by Gasteiger charge is 2.24. The van der Waals surface area contributed by atoms with Crippen molar-refractivity contribution in [1.82, 2.24) is 0 Å². The molecule has 3 heteroatoms. The summed E-state index contributed by atoms with van der Waals surface area (Å²) in [5.74, 6) is 0.743. The van der Waals surface area contributed by atoms with E-state index in [0.29, 0.717) is 0 Å². The van der Waals surface area contributed by atoms with Crippen LogP contribution in [0.15, 0.2) is 18.2 Å². The number of fused-ring (bicyclic) bond motifs is 1. The van der Waals surface area contributed by atoms with Gasteiger partial charge in [0.15, 0.2) is 6.10 Å². The van der Waals surface area contributed by atoms with Crippen molar-refractivity contribution in [3.05, 3.63) is 23.8 Å². The highest BCUT2D eigenvalue weighted by Crippen LogP contribution is 2.33. The van der Waals surface area contributed by atoms with Crippen molar-refractivity contribution in [2.24, 2.45) is 0 Å². The minimum absolute atomic E-state index is 0.0780. The number of carbonyl (C=O) groups excluding carboxylic acids is 1. The molecule has 2 rings (SSSR count). The molecular weight excluding hydrogens is 178 g/mol. The van der Waals surface area contributed by atoms with Gasteiger partial charge in [0, 0.05) is 0 Å². The standard InChI is InChI=1S/C11H13NO2/c1-3-8-5-4-6-9-10(8)14-7(2)11(13)12-9/h4-7H,3H2,1-2H3,(H,12,13). The zero-order valence-electron chi connectivity index (χ0n) is 8.33. The molecule has 1 N–H and O–H groups in total. The molecule has 1 aromatic rings. The number of ether oxygens (including phenoxy) is 1. The summed E-state index contributed by atoms with van der Waals surface area (Å²) in [5, 5.41) is 2.82. The maximum atomic E-state index is 11.3. The molecule has 1 aliphatic rings. The van der Waals surface area contributed by atoms with E-state index in [4.69, 9.17) is 4.74 Å². The van der Waals surface area contributed by atoms with E-state index in [1.807, 2.05) is 18.2 Å². The Hall–Kier alpha value is -1.51. The molecule has 1 amide bonds. The Kier molecular flexibility index (Phi) is 2.15. The number of amides is 1. The lowest BCUT2D eigenvalue weighted by Gasteiger charge is -2.25. The molecule has 0 aromatic heterocycles. The smallest absolute Gasteiger partial charge is 0.265 e. The molecule has 0 saturated carbocycles. The predicted molar refractivity (Wildman–Crippen MR) is 54.5 cm³/mol. The van der Waals surface area contributed by atoms with Crippen molar-refractivity contribution in [3.63, 3.8) is 0 Å². The number of hydrogen-bond acceptors (Lipinski definition) is 2. The van der Waals surface area contributed by atoms with Crippen molar-refractivity contribution in [1.29, 1.82) is 0 Å². The number of rotatable bonds is 1. The lowest BCUT2D eigenvalue weighted by Crippen LogP contribution is -2.34. The molecule has 14 heavy (non-hydrogen) atoms. The van der Waals surface area contributed by atoms with Gasteiger partial charge in [-0.3, -0.25) is 4.79 Å². The molecule has 1 atom stereocenters. The van der Waals surface area contributed by atoms with E-state index < -0.39 is 6.10 Å². The van der Waals surface area contributed by atoms with Crippen LogP contribution in [0.2, 0.25) is 0 Å². The van der Waals surface area contributed by atoms with E-state index in [0.717, 1.165) is 23.4 Å². The van der Waals surface area contributed by atoms with Crippen LogP contribution in [0.3, 0.4) is 0 Å². The molecule has 0 aliphatic carbocycles. The molecule has 74 valence electrons. The van der Waals surface area contributed by atoms with Gasteiger partial charge in [-0.1, -0.05) is 19.1 Å². The van der Waals surface area contributed by atoms with Crippen LogP contribution in [0.25, 0.3) is 0 Å². The lowest BCUT2D eigenvalue weighted by atomic mass is 10.1. The zero-order valence-corrected chi connectivity index (χ0v) is 8.33. The maximum Gasteiger partial charge on any atom is 0.265 e. The number of aryl methyl sites for hydroxylation is 1. The van der Waals surface area contributed by atoms with Crippen LogP contribution in [0.4, 0.5) is 5.69 Å². The van der Waals surface area contributed by atoms with Gasteiger partial charge in [-0.15, -0.1) is 0 Å². The highest BCUT2D eigenvalue weighted by molar-refractivity contribution is 5.97. The van der Waals surface area contributed by atoms with Crippen molar-refractivity contribution in [2.45, 2.75) is 26.4 Å². The zero-order chi connectivity index (χ0) is 10.1. The summed E-state index contributed by atoms with van der Waals surface area (Å²) in [5.41, 5.74) is 1.92. The fourth-order valence-corrected chi connectivity index (χ4v) is 1.57. The van der Waals surface area contributed by atoms with E-state index in [1.165, 1.54) is 0 Å². The number of carbonyl (C=O) groups is 1. The van der Waals surface area contributed by atoms with Gasteiger partial charge in [-0.05, 0) is 25.0 Å². The lowest BCUT2D eigenvalue weighted by molar-refractivity contribution is -0.122. The molecule has 1 heterocycles. The maximum absolute atomic E-state index is 11.3. The number of hydrogen-bond donors (Lipinski definition) is 1. The fourth-order valence-electron chi connectivity index (χ4n) is 1.57. The minimum atomic E-state index is -0.393. The van der Waals surface area contributed by atoms with Gasteiger partial charge in [0.1, 0.15) is 5.75 Å². The number of benzene rings is 1. The van der Waals surface area contributed by atoms with Gasteiger partial charge in [0.25, 0.3) is 5.91 Å². The van der Waals surface area contributed by atoms with E-state index in [-0.39, 0.29) is 5.91 Å². The van der Waals surface area contributed by atoms with Crippen molar-refractivity contribution in [2.75, 3.05) is 5.32 Å². The molecule has 3 nitrogen and oxygen atoms in total. The van der Waals surface area contributed by atoms with Gasteiger partial charge in [-0.2, -0.15) is 0 Å². The van der Waals surface area contributed by atoms with Crippen LogP contribution in [0.1, 0.15) is 19.4 Å². The van der Waals surface area contributed by atoms with Crippen molar-refractivity contribution in [3.8, 4) is 5.75 Å². The van der Waals surface area contributed by atoms with Crippen LogP contribution < -0.4 is 10.1 Å². The molecule has 0 saturated heterocycles. The number of para-hydroxylation sites is 1. The quantitative estimate of drug-likeness (QED) is 0.737. The summed E-state index contributed by atoms with van der Waals surface area (Å²) in [6, 6.07) is 5.80. The molecule has 0 bridgehead atoms. The third-order valence-electron chi connectivity index (χ3n) is 2.40. The molecule has 1 aliphatic heterocycles. The number of nitrogens with one attached hydrogen (secondary N) is 1. The average Bonchev–Trinajstić information content (AvgIpc) is 2.19. The Bertz CT molecular complexity index is 374. The second-order valence-corrected chi connectivity index (χ2v) is 3.40. The Labute approximate surface area is 83.1 Å². The molecule has 0 fully saturated rings. The molecular formula is C11H13NO2. The van der Waals surface area contributed by atoms with E-state index in [2.05, 4.69) is 12.2 Å². The first-order valence-corrected chi connectivity index (χ1v) is 4.81. The molecule has 1 aromatic carbocycles. The SMILES string of the molecule is CCc1cccc2c1OC(C)C(=O)N2. The molecule has 0 spiro atoms. The highest BCUT2D eigenvalue weighted by atomic mass is 16.5. The first kappa shape index (κ1) is 9.06. The van der Waals surface area contributed by atoms with Gasteiger partial charge in [0.05, 0.1) is 5.69 Å². The summed E-state index contributed by atoms with van der Waals surface area (Å²) in [4.78, 5) is 11.3. The Morgan fingerprint density at radius 2 is 2.29 bits per heavy atom. The third kappa shape index (κ3) is 1.35. The monoisotopic (exact) mass is 191 g/mol. The summed E-state index contributed by atoms with van der Waals surface area (Å²) < 4.78 is 5.55. The summed E-state index contributed by atoms with van der Waals surface area (Å²) in [6.07, 6.45) is 0.515. The summed E-state index contributed by atoms with van der Waals surface area (Å²) in [6.45, 7) is 3.82. The van der Waals surface area contributed by atoms with Gasteiger partial charge < -0.3 is 10.1 Å². The van der Waals surface area contributed by atoms with E-state index in [9.17, 15) is 4.79 Å². The first-order valence-electron chi connectivity index (χ1n) is 4.81. The van der Waals surface area contributed by atoms with Gasteiger partial charge >= 0.3 is 0 Å². The van der Waals surface area contributed by atoms with Crippen LogP contribution >= 0.6 is 0 Å². The van der Waals surface area contributed by atoms with E-state index in [1.54, 1.807) is 6.92 Å². The largest absolute Gasteiger partial charge is 0.478 e. The second-order valence-electron chi connectivity index (χ2n) is 3.40. The first-order chi connectivity index (χ1) is 6.72. The van der Waals surface area contributed by atoms with Crippen LogP contribution in [0.5, 0.6) is 5.75 Å². The average molecular weight is 191 g/mol. The minimum Gasteiger partial charge on any atom is -0.478 e. The van der Waals surface area contributed by atoms with Gasteiger partial charge in [-0.25, -0.2) is 0 Å². The van der Waals surface area contributed by atoms with Crippen LogP contribution in [-0.2, 0) is 11.2 Å². The van der Waals surface area contributed by atoms with Crippen molar-refractivity contribution < 1.29 is 9.53 Å². The third-order valence-corrected chi connectivity index (χ3v) is 2.40. The predicted octanol–water partition coefficient (Wildman–Crippen LogP) is 1.97. The van der Waals surface area contributed by atoms with Crippen LogP contribution in [-0.4, -0.2) is 12.0 Å². The second kappa shape index (κ2) is 3.33. The fraction of sp³-hybridized carbons (Fsp3) is 0.364. The topological polar surface area (TPSA) is 38.3 Å². The van der Waals surface area contributed by atoms with Crippen LogP contribution in [0, 0.1) is 0 Å². The Morgan fingerprint density at radius 3 is 3.00 bits per heavy atom. The summed E-state index contributed by atoms with van der Waals surface area (Å²) in [7, 11) is 0. The van der Waals surface area contributed by atoms with E-state index >= 15 is 0 Å². The number of anilines is 1. The Morgan fingerprint density at radius 1 is 1.50 bits per heavy atom. The molecule has 1 unspecified atom stereocenters. The Balaban J connectivity index is 2.46. The van der Waals surface area contributed by atoms with Gasteiger partial charge in [0.2, 0.25) is 0 Å². The summed E-state index contributed by atoms with van der Waals surface area (Å²) >= 11 is 0. The molecule has 0 radical (unpaired) electrons. The van der Waals surface area contributed by atoms with Crippen molar-refractivity contribution >= 4 is 11.6 Å².